The van der Waals surface area contributed by atoms with Gasteiger partial charge in [-0.3, -0.25) is 0 Å². The molecule has 2 aromatic rings. The van der Waals surface area contributed by atoms with Gasteiger partial charge in [-0.15, -0.1) is 5.10 Å². The summed E-state index contributed by atoms with van der Waals surface area (Å²) in [5.41, 5.74) is 7.48. The predicted octanol–water partition coefficient (Wildman–Crippen LogP) is 1.72. The second-order valence-electron chi connectivity index (χ2n) is 4.06. The first-order valence-corrected chi connectivity index (χ1v) is 6.99. The molecular weight excluding hydrogens is 324 g/mol. The molecule has 0 bridgehead atoms. The summed E-state index contributed by atoms with van der Waals surface area (Å²) in [5, 5.41) is 7.87. The van der Waals surface area contributed by atoms with E-state index in [1.807, 2.05) is 24.3 Å². The van der Waals surface area contributed by atoms with Crippen LogP contribution in [0, 0.1) is 0 Å². The van der Waals surface area contributed by atoms with E-state index in [4.69, 9.17) is 10.5 Å². The summed E-state index contributed by atoms with van der Waals surface area (Å²) in [4.78, 5) is 11.8. The molecule has 0 aliphatic carbocycles. The van der Waals surface area contributed by atoms with E-state index in [0.717, 1.165) is 10.0 Å². The summed E-state index contributed by atoms with van der Waals surface area (Å²) in [6, 6.07) is 7.78. The average Bonchev–Trinajstić information content (AvgIpc) is 2.84. The molecule has 1 heterocycles. The molecule has 0 saturated carbocycles. The van der Waals surface area contributed by atoms with E-state index in [1.54, 1.807) is 11.6 Å². The molecule has 0 atom stereocenters. The summed E-state index contributed by atoms with van der Waals surface area (Å²) in [5.74, 6) is -0.494. The largest absolute Gasteiger partial charge is 0.461 e. The fourth-order valence-corrected chi connectivity index (χ4v) is 2.22. The number of esters is 1. The van der Waals surface area contributed by atoms with Gasteiger partial charge in [0.15, 0.2) is 5.69 Å². The predicted molar refractivity (Wildman–Crippen MR) is 77.1 cm³/mol. The summed E-state index contributed by atoms with van der Waals surface area (Å²) in [6.45, 7) is 2.69. The Hall–Kier alpha value is -1.73. The molecule has 20 heavy (non-hydrogen) atoms. The van der Waals surface area contributed by atoms with Crippen LogP contribution in [-0.4, -0.2) is 27.6 Å². The summed E-state index contributed by atoms with van der Waals surface area (Å²) < 4.78 is 7.52. The van der Waals surface area contributed by atoms with Crippen LogP contribution in [0.2, 0.25) is 0 Å². The number of nitrogens with zero attached hydrogens (tertiary/aromatic N) is 3. The van der Waals surface area contributed by atoms with Crippen molar-refractivity contribution in [2.45, 2.75) is 20.0 Å². The third kappa shape index (κ3) is 3.05. The molecule has 1 aromatic heterocycles. The maximum atomic E-state index is 11.8. The van der Waals surface area contributed by atoms with Crippen LogP contribution < -0.4 is 5.73 Å². The maximum absolute atomic E-state index is 11.8. The summed E-state index contributed by atoms with van der Waals surface area (Å²) in [7, 11) is 0. The number of carbonyl (C=O) groups is 1. The second kappa shape index (κ2) is 6.62. The molecule has 0 unspecified atom stereocenters. The molecule has 0 fully saturated rings. The first kappa shape index (κ1) is 14.7. The van der Waals surface area contributed by atoms with Crippen LogP contribution in [0.5, 0.6) is 0 Å². The van der Waals surface area contributed by atoms with Gasteiger partial charge in [-0.05, 0) is 18.6 Å². The number of rotatable bonds is 5. The number of halogens is 1. The van der Waals surface area contributed by atoms with Crippen molar-refractivity contribution >= 4 is 21.9 Å². The summed E-state index contributed by atoms with van der Waals surface area (Å²) >= 11 is 3.48. The lowest BCUT2D eigenvalue weighted by Crippen LogP contribution is -2.15. The Morgan fingerprint density at radius 2 is 2.20 bits per heavy atom. The van der Waals surface area contributed by atoms with Crippen molar-refractivity contribution in [1.82, 2.24) is 15.0 Å². The molecule has 0 saturated heterocycles. The van der Waals surface area contributed by atoms with E-state index in [0.29, 0.717) is 18.8 Å². The van der Waals surface area contributed by atoms with Gasteiger partial charge in [0, 0.05) is 11.0 Å². The highest BCUT2D eigenvalue weighted by Crippen LogP contribution is 2.18. The van der Waals surface area contributed by atoms with Crippen LogP contribution in [0.4, 0.5) is 0 Å². The SMILES string of the molecule is CCOC(=O)c1nnn(Cc2ccccc2Br)c1CN. The monoisotopic (exact) mass is 338 g/mol. The van der Waals surface area contributed by atoms with Crippen molar-refractivity contribution in [2.75, 3.05) is 6.61 Å². The quantitative estimate of drug-likeness (QED) is 0.839. The molecule has 6 nitrogen and oxygen atoms in total. The number of nitrogens with two attached hydrogens (primary N) is 1. The van der Waals surface area contributed by atoms with E-state index >= 15 is 0 Å². The summed E-state index contributed by atoms with van der Waals surface area (Å²) in [6.07, 6.45) is 0. The molecule has 106 valence electrons. The van der Waals surface area contributed by atoms with Gasteiger partial charge in [0.1, 0.15) is 0 Å². The van der Waals surface area contributed by atoms with Gasteiger partial charge in [-0.1, -0.05) is 39.3 Å². The lowest BCUT2D eigenvalue weighted by Gasteiger charge is -2.07. The zero-order valence-electron chi connectivity index (χ0n) is 11.0. The Labute approximate surface area is 125 Å². The van der Waals surface area contributed by atoms with Gasteiger partial charge in [0.05, 0.1) is 18.8 Å². The second-order valence-corrected chi connectivity index (χ2v) is 4.91. The van der Waals surface area contributed by atoms with Crippen LogP contribution in [0.25, 0.3) is 0 Å². The molecule has 0 aliphatic heterocycles. The molecule has 0 amide bonds. The van der Waals surface area contributed by atoms with Crippen molar-refractivity contribution in [2.24, 2.45) is 5.73 Å². The number of benzene rings is 1. The Kier molecular flexibility index (Phi) is 4.86. The molecule has 2 rings (SSSR count). The fourth-order valence-electron chi connectivity index (χ4n) is 1.81. The van der Waals surface area contributed by atoms with Gasteiger partial charge in [0.2, 0.25) is 0 Å². The van der Waals surface area contributed by atoms with Gasteiger partial charge in [-0.25, -0.2) is 9.48 Å². The highest BCUT2D eigenvalue weighted by Gasteiger charge is 2.20. The zero-order chi connectivity index (χ0) is 14.5. The number of hydrogen-bond acceptors (Lipinski definition) is 5. The standard InChI is InChI=1S/C13H15BrN4O2/c1-2-20-13(19)12-11(7-15)18(17-16-12)8-9-5-3-4-6-10(9)14/h3-6H,2,7-8,15H2,1H3. The van der Waals surface area contributed by atoms with Crippen molar-refractivity contribution in [3.05, 3.63) is 45.7 Å². The first-order chi connectivity index (χ1) is 9.67. The minimum Gasteiger partial charge on any atom is -0.461 e. The minimum atomic E-state index is -0.494. The lowest BCUT2D eigenvalue weighted by molar-refractivity contribution is 0.0518. The van der Waals surface area contributed by atoms with Crippen molar-refractivity contribution in [1.29, 1.82) is 0 Å². The van der Waals surface area contributed by atoms with Crippen LogP contribution >= 0.6 is 15.9 Å². The Morgan fingerprint density at radius 3 is 2.85 bits per heavy atom. The molecule has 0 aliphatic rings. The highest BCUT2D eigenvalue weighted by atomic mass is 79.9. The Balaban J connectivity index is 2.29. The Morgan fingerprint density at radius 1 is 1.45 bits per heavy atom. The first-order valence-electron chi connectivity index (χ1n) is 6.20. The number of hydrogen-bond donors (Lipinski definition) is 1. The Bertz CT molecular complexity index is 612. The van der Waals surface area contributed by atoms with Gasteiger partial charge < -0.3 is 10.5 Å². The van der Waals surface area contributed by atoms with Crippen LogP contribution in [0.15, 0.2) is 28.7 Å². The van der Waals surface area contributed by atoms with E-state index in [-0.39, 0.29) is 12.2 Å². The normalized spacial score (nSPS) is 10.6. The lowest BCUT2D eigenvalue weighted by atomic mass is 10.2. The van der Waals surface area contributed by atoms with E-state index in [2.05, 4.69) is 26.2 Å². The maximum Gasteiger partial charge on any atom is 0.360 e. The number of carbonyl (C=O) groups excluding carboxylic acids is 1. The topological polar surface area (TPSA) is 83.0 Å². The molecule has 0 spiro atoms. The van der Waals surface area contributed by atoms with E-state index in [9.17, 15) is 4.79 Å². The fraction of sp³-hybridized carbons (Fsp3) is 0.308. The molecular formula is C13H15BrN4O2. The molecule has 0 radical (unpaired) electrons. The van der Waals surface area contributed by atoms with E-state index in [1.165, 1.54) is 0 Å². The van der Waals surface area contributed by atoms with E-state index < -0.39 is 5.97 Å². The van der Waals surface area contributed by atoms with Gasteiger partial charge >= 0.3 is 5.97 Å². The highest BCUT2D eigenvalue weighted by molar-refractivity contribution is 9.10. The average molecular weight is 339 g/mol. The zero-order valence-corrected chi connectivity index (χ0v) is 12.6. The molecule has 2 N–H and O–H groups in total. The van der Waals surface area contributed by atoms with Crippen LogP contribution in [0.1, 0.15) is 28.7 Å². The van der Waals surface area contributed by atoms with Crippen LogP contribution in [-0.2, 0) is 17.8 Å². The van der Waals surface area contributed by atoms with Crippen molar-refractivity contribution in [3.63, 3.8) is 0 Å². The third-order valence-corrected chi connectivity index (χ3v) is 3.55. The number of aromatic nitrogens is 3. The van der Waals surface area contributed by atoms with Crippen molar-refractivity contribution < 1.29 is 9.53 Å². The smallest absolute Gasteiger partial charge is 0.360 e. The van der Waals surface area contributed by atoms with Gasteiger partial charge in [0.25, 0.3) is 0 Å². The van der Waals surface area contributed by atoms with Gasteiger partial charge in [-0.2, -0.15) is 0 Å². The number of ether oxygens (including phenoxy) is 1. The van der Waals surface area contributed by atoms with Crippen molar-refractivity contribution in [3.8, 4) is 0 Å². The third-order valence-electron chi connectivity index (χ3n) is 2.78. The molecule has 7 heteroatoms. The minimum absolute atomic E-state index is 0.172. The van der Waals surface area contributed by atoms with Crippen LogP contribution in [0.3, 0.4) is 0 Å². The molecule has 1 aromatic carbocycles.